The molecule has 6 nitrogen and oxygen atoms in total. The number of hydrogen-bond donors (Lipinski definition) is 1. The highest BCUT2D eigenvalue weighted by atomic mass is 16.5. The standard InChI is InChI=1S/C24H22N2O4/c1-2-15-13-19-20(27)9-12-29-22(19)14-21(15)30-23(17-7-10-26-11-8-17)16-3-5-18(6-4-16)24(25)28/h3-8,10-11,13-14,23H,2,9,12H2,1H3,(H2,25,28)/t23-/m1/s1. The molecule has 2 N–H and O–H groups in total. The first-order valence-corrected chi connectivity index (χ1v) is 9.86. The van der Waals surface area contributed by atoms with E-state index < -0.39 is 12.0 Å². The third-order valence-corrected chi connectivity index (χ3v) is 5.18. The third-order valence-electron chi connectivity index (χ3n) is 5.18. The number of aryl methyl sites for hydroxylation is 1. The van der Waals surface area contributed by atoms with Crippen molar-refractivity contribution in [3.63, 3.8) is 0 Å². The topological polar surface area (TPSA) is 91.5 Å². The summed E-state index contributed by atoms with van der Waals surface area (Å²) in [6, 6.07) is 14.5. The van der Waals surface area contributed by atoms with Gasteiger partial charge in [0, 0.05) is 30.4 Å². The zero-order chi connectivity index (χ0) is 21.1. The van der Waals surface area contributed by atoms with Crippen LogP contribution in [0, 0.1) is 0 Å². The Bertz CT molecular complexity index is 1080. The smallest absolute Gasteiger partial charge is 0.248 e. The highest BCUT2D eigenvalue weighted by Gasteiger charge is 2.24. The number of pyridine rings is 1. The summed E-state index contributed by atoms with van der Waals surface area (Å²) in [5.74, 6) is 0.820. The van der Waals surface area contributed by atoms with Crippen LogP contribution in [-0.2, 0) is 6.42 Å². The number of nitrogens with two attached hydrogens (primary N) is 1. The fourth-order valence-corrected chi connectivity index (χ4v) is 3.53. The Hall–Kier alpha value is -3.67. The van der Waals surface area contributed by atoms with Crippen LogP contribution in [0.1, 0.15) is 56.9 Å². The number of nitrogens with zero attached hydrogens (tertiary/aromatic N) is 1. The van der Waals surface area contributed by atoms with Gasteiger partial charge in [-0.3, -0.25) is 14.6 Å². The van der Waals surface area contributed by atoms with Crippen LogP contribution in [0.15, 0.2) is 60.9 Å². The van der Waals surface area contributed by atoms with Gasteiger partial charge >= 0.3 is 0 Å². The highest BCUT2D eigenvalue weighted by molar-refractivity contribution is 6.00. The summed E-state index contributed by atoms with van der Waals surface area (Å²) in [6.07, 6.45) is 4.08. The minimum Gasteiger partial charge on any atom is -0.492 e. The van der Waals surface area contributed by atoms with Crippen LogP contribution >= 0.6 is 0 Å². The van der Waals surface area contributed by atoms with Gasteiger partial charge in [-0.2, -0.15) is 0 Å². The normalized spacial score (nSPS) is 13.8. The van der Waals surface area contributed by atoms with E-state index >= 15 is 0 Å². The number of carbonyl (C=O) groups is 2. The first-order valence-electron chi connectivity index (χ1n) is 9.86. The van der Waals surface area contributed by atoms with E-state index in [2.05, 4.69) is 4.98 Å². The minimum absolute atomic E-state index is 0.0882. The number of fused-ring (bicyclic) bond motifs is 1. The van der Waals surface area contributed by atoms with Crippen molar-refractivity contribution in [2.24, 2.45) is 5.73 Å². The monoisotopic (exact) mass is 402 g/mol. The van der Waals surface area contributed by atoms with E-state index in [1.54, 1.807) is 30.6 Å². The average molecular weight is 402 g/mol. The fourth-order valence-electron chi connectivity index (χ4n) is 3.53. The number of carbonyl (C=O) groups excluding carboxylic acids is 2. The van der Waals surface area contributed by atoms with Crippen molar-refractivity contribution in [3.05, 3.63) is 88.7 Å². The Morgan fingerprint density at radius 1 is 1.13 bits per heavy atom. The van der Waals surface area contributed by atoms with Crippen LogP contribution in [0.2, 0.25) is 0 Å². The van der Waals surface area contributed by atoms with Crippen molar-refractivity contribution in [1.82, 2.24) is 4.98 Å². The molecule has 1 amide bonds. The summed E-state index contributed by atoms with van der Waals surface area (Å²) in [5, 5.41) is 0. The van der Waals surface area contributed by atoms with E-state index in [1.807, 2.05) is 37.3 Å². The molecular formula is C24H22N2O4. The number of ketones is 1. The van der Waals surface area contributed by atoms with Gasteiger partial charge in [-0.15, -0.1) is 0 Å². The maximum Gasteiger partial charge on any atom is 0.248 e. The van der Waals surface area contributed by atoms with Crippen molar-refractivity contribution in [2.45, 2.75) is 25.9 Å². The fraction of sp³-hybridized carbons (Fsp3) is 0.208. The van der Waals surface area contributed by atoms with Gasteiger partial charge in [0.25, 0.3) is 0 Å². The summed E-state index contributed by atoms with van der Waals surface area (Å²) in [6.45, 7) is 2.39. The first-order chi connectivity index (χ1) is 14.6. The lowest BCUT2D eigenvalue weighted by atomic mass is 9.98. The molecule has 1 aliphatic heterocycles. The van der Waals surface area contributed by atoms with Crippen molar-refractivity contribution in [1.29, 1.82) is 0 Å². The van der Waals surface area contributed by atoms with E-state index in [1.165, 1.54) is 0 Å². The zero-order valence-electron chi connectivity index (χ0n) is 16.6. The Labute approximate surface area is 174 Å². The van der Waals surface area contributed by atoms with Gasteiger partial charge in [0.15, 0.2) is 5.78 Å². The molecule has 152 valence electrons. The van der Waals surface area contributed by atoms with Crippen LogP contribution in [-0.4, -0.2) is 23.3 Å². The van der Waals surface area contributed by atoms with Gasteiger partial charge in [-0.25, -0.2) is 0 Å². The van der Waals surface area contributed by atoms with Gasteiger partial charge in [0.1, 0.15) is 17.6 Å². The van der Waals surface area contributed by atoms with E-state index in [9.17, 15) is 9.59 Å². The molecule has 1 aromatic heterocycles. The van der Waals surface area contributed by atoms with Gasteiger partial charge in [-0.05, 0) is 53.4 Å². The molecule has 3 aromatic rings. The number of Topliss-reactive ketones (excluding diaryl/α,β-unsaturated/α-hetero) is 1. The molecule has 0 unspecified atom stereocenters. The zero-order valence-corrected chi connectivity index (χ0v) is 16.6. The molecule has 0 saturated heterocycles. The second kappa shape index (κ2) is 8.37. The molecule has 0 radical (unpaired) electrons. The molecule has 2 heterocycles. The van der Waals surface area contributed by atoms with Gasteiger partial charge in [0.2, 0.25) is 5.91 Å². The molecule has 0 saturated carbocycles. The first kappa shape index (κ1) is 19.6. The van der Waals surface area contributed by atoms with Gasteiger partial charge < -0.3 is 15.2 Å². The van der Waals surface area contributed by atoms with E-state index in [-0.39, 0.29) is 5.78 Å². The SMILES string of the molecule is CCc1cc2c(cc1O[C@@H](c1ccncc1)c1ccc(C(N)=O)cc1)OCCC2=O. The summed E-state index contributed by atoms with van der Waals surface area (Å²) in [7, 11) is 0. The largest absolute Gasteiger partial charge is 0.492 e. The number of primary amides is 1. The number of hydrogen-bond acceptors (Lipinski definition) is 5. The highest BCUT2D eigenvalue weighted by Crippen LogP contribution is 2.37. The molecular weight excluding hydrogens is 380 g/mol. The number of rotatable bonds is 6. The van der Waals surface area contributed by atoms with Crippen molar-refractivity contribution >= 4 is 11.7 Å². The molecule has 0 bridgehead atoms. The molecule has 0 aliphatic carbocycles. The predicted octanol–water partition coefficient (Wildman–Crippen LogP) is 3.88. The summed E-state index contributed by atoms with van der Waals surface area (Å²) >= 11 is 0. The average Bonchev–Trinajstić information content (AvgIpc) is 2.78. The minimum atomic E-state index is -0.479. The number of amides is 1. The Balaban J connectivity index is 1.75. The van der Waals surface area contributed by atoms with Crippen LogP contribution in [0.4, 0.5) is 0 Å². The van der Waals surface area contributed by atoms with Crippen molar-refractivity contribution in [2.75, 3.05) is 6.61 Å². The molecule has 1 atom stereocenters. The maximum absolute atomic E-state index is 12.3. The van der Waals surface area contributed by atoms with Crippen LogP contribution in [0.5, 0.6) is 11.5 Å². The lowest BCUT2D eigenvalue weighted by Gasteiger charge is -2.24. The summed E-state index contributed by atoms with van der Waals surface area (Å²) in [5.41, 5.74) is 9.11. The van der Waals surface area contributed by atoms with E-state index in [0.29, 0.717) is 42.1 Å². The number of ether oxygens (including phenoxy) is 2. The summed E-state index contributed by atoms with van der Waals surface area (Å²) < 4.78 is 12.2. The second-order valence-corrected chi connectivity index (χ2v) is 7.10. The molecule has 1 aliphatic rings. The quantitative estimate of drug-likeness (QED) is 0.676. The Kier molecular flexibility index (Phi) is 5.48. The van der Waals surface area contributed by atoms with Crippen LogP contribution in [0.25, 0.3) is 0 Å². The lowest BCUT2D eigenvalue weighted by molar-refractivity contribution is 0.0931. The van der Waals surface area contributed by atoms with Crippen molar-refractivity contribution < 1.29 is 19.1 Å². The third kappa shape index (κ3) is 3.89. The molecule has 6 heteroatoms. The predicted molar refractivity (Wildman–Crippen MR) is 112 cm³/mol. The van der Waals surface area contributed by atoms with Gasteiger partial charge in [0.05, 0.1) is 12.2 Å². The Morgan fingerprint density at radius 2 is 1.83 bits per heavy atom. The van der Waals surface area contributed by atoms with E-state index in [4.69, 9.17) is 15.2 Å². The maximum atomic E-state index is 12.3. The van der Waals surface area contributed by atoms with Crippen LogP contribution < -0.4 is 15.2 Å². The van der Waals surface area contributed by atoms with E-state index in [0.717, 1.165) is 16.7 Å². The molecule has 30 heavy (non-hydrogen) atoms. The molecule has 0 fully saturated rings. The number of benzene rings is 2. The second-order valence-electron chi connectivity index (χ2n) is 7.10. The van der Waals surface area contributed by atoms with Gasteiger partial charge in [-0.1, -0.05) is 19.1 Å². The van der Waals surface area contributed by atoms with Crippen molar-refractivity contribution in [3.8, 4) is 11.5 Å². The molecule has 0 spiro atoms. The van der Waals surface area contributed by atoms with Crippen LogP contribution in [0.3, 0.4) is 0 Å². The molecule has 4 rings (SSSR count). The number of aromatic nitrogens is 1. The molecule has 2 aromatic carbocycles. The summed E-state index contributed by atoms with van der Waals surface area (Å²) in [4.78, 5) is 27.8. The lowest BCUT2D eigenvalue weighted by Crippen LogP contribution is -2.17. The Morgan fingerprint density at radius 3 is 2.50 bits per heavy atom.